The summed E-state index contributed by atoms with van der Waals surface area (Å²) in [6.07, 6.45) is 7.62. The number of halogens is 1. The molecule has 4 heterocycles. The minimum absolute atomic E-state index is 0.0793. The van der Waals surface area contributed by atoms with Gasteiger partial charge in [0.25, 0.3) is 11.8 Å². The zero-order chi connectivity index (χ0) is 21.4. The Morgan fingerprint density at radius 3 is 2.32 bits per heavy atom. The highest BCUT2D eigenvalue weighted by molar-refractivity contribution is 9.10. The van der Waals surface area contributed by atoms with Crippen molar-refractivity contribution in [2.24, 2.45) is 0 Å². The molecule has 0 N–H and O–H groups in total. The minimum Gasteiger partial charge on any atom is -0.339 e. The van der Waals surface area contributed by atoms with E-state index in [-0.39, 0.29) is 11.8 Å². The van der Waals surface area contributed by atoms with Crippen molar-refractivity contribution in [2.75, 3.05) is 26.2 Å². The van der Waals surface area contributed by atoms with Crippen LogP contribution in [0.3, 0.4) is 0 Å². The van der Waals surface area contributed by atoms with Gasteiger partial charge in [-0.1, -0.05) is 12.1 Å². The van der Waals surface area contributed by atoms with Crippen LogP contribution < -0.4 is 0 Å². The number of carbonyl (C=O) groups excluding carboxylic acids is 2. The van der Waals surface area contributed by atoms with Gasteiger partial charge < -0.3 is 9.80 Å². The molecule has 6 nitrogen and oxygen atoms in total. The Morgan fingerprint density at radius 1 is 0.903 bits per heavy atom. The molecule has 5 rings (SSSR count). The molecular formula is C24H25BrN4O2. The number of piperidine rings is 1. The molecule has 1 aromatic carbocycles. The predicted molar refractivity (Wildman–Crippen MR) is 122 cm³/mol. The second kappa shape index (κ2) is 8.46. The van der Waals surface area contributed by atoms with Crippen molar-refractivity contribution in [3.05, 3.63) is 70.0 Å². The normalized spacial score (nSPS) is 17.5. The molecule has 2 aromatic heterocycles. The number of hydrogen-bond donors (Lipinski definition) is 0. The van der Waals surface area contributed by atoms with Crippen molar-refractivity contribution < 1.29 is 9.59 Å². The van der Waals surface area contributed by atoms with E-state index in [1.807, 2.05) is 40.3 Å². The molecule has 0 radical (unpaired) electrons. The molecule has 7 heteroatoms. The second-order valence-electron chi connectivity index (χ2n) is 8.39. The Hall–Kier alpha value is -2.67. The molecule has 0 saturated carbocycles. The zero-order valence-corrected chi connectivity index (χ0v) is 18.9. The number of aromatic nitrogens is 2. The summed E-state index contributed by atoms with van der Waals surface area (Å²) in [5, 5.41) is 4.39. The number of rotatable bonds is 3. The molecular weight excluding hydrogens is 456 g/mol. The first-order chi connectivity index (χ1) is 15.1. The van der Waals surface area contributed by atoms with Crippen LogP contribution in [0.1, 0.15) is 57.9 Å². The van der Waals surface area contributed by atoms with Gasteiger partial charge in [0.2, 0.25) is 0 Å². The summed E-state index contributed by atoms with van der Waals surface area (Å²) in [6.45, 7) is 3.13. The molecule has 3 aromatic rings. The topological polar surface area (TPSA) is 57.9 Å². The number of pyridine rings is 1. The van der Waals surface area contributed by atoms with Gasteiger partial charge in [0.1, 0.15) is 0 Å². The van der Waals surface area contributed by atoms with E-state index >= 15 is 0 Å². The third-order valence-electron chi connectivity index (χ3n) is 6.53. The molecule has 2 amide bonds. The maximum Gasteiger partial charge on any atom is 0.257 e. The van der Waals surface area contributed by atoms with E-state index in [1.165, 1.54) is 5.56 Å². The first-order valence-electron chi connectivity index (χ1n) is 10.9. The third-order valence-corrected chi connectivity index (χ3v) is 7.22. The van der Waals surface area contributed by atoms with Gasteiger partial charge in [0, 0.05) is 36.8 Å². The summed E-state index contributed by atoms with van der Waals surface area (Å²) >= 11 is 3.49. The Labute approximate surface area is 190 Å². The fourth-order valence-electron chi connectivity index (χ4n) is 4.73. The molecule has 0 bridgehead atoms. The fourth-order valence-corrected chi connectivity index (χ4v) is 5.18. The highest BCUT2D eigenvalue weighted by atomic mass is 79.9. The lowest BCUT2D eigenvalue weighted by atomic mass is 9.89. The minimum atomic E-state index is 0.0793. The smallest absolute Gasteiger partial charge is 0.257 e. The largest absolute Gasteiger partial charge is 0.339 e. The lowest BCUT2D eigenvalue weighted by Crippen LogP contribution is -2.38. The fraction of sp³-hybridized carbons (Fsp3) is 0.375. The Bertz CT molecular complexity index is 1130. The quantitative estimate of drug-likeness (QED) is 0.559. The van der Waals surface area contributed by atoms with Crippen LogP contribution in [0.25, 0.3) is 5.52 Å². The average molecular weight is 481 g/mol. The first-order valence-corrected chi connectivity index (χ1v) is 11.7. The van der Waals surface area contributed by atoms with Gasteiger partial charge in [-0.05, 0) is 77.4 Å². The Balaban J connectivity index is 1.32. The average Bonchev–Trinajstić information content (AvgIpc) is 3.48. The summed E-state index contributed by atoms with van der Waals surface area (Å²) in [5.74, 6) is 0.534. The first kappa shape index (κ1) is 20.2. The predicted octanol–water partition coefficient (Wildman–Crippen LogP) is 4.35. The van der Waals surface area contributed by atoms with E-state index in [0.717, 1.165) is 61.9 Å². The van der Waals surface area contributed by atoms with E-state index in [2.05, 4.69) is 33.2 Å². The van der Waals surface area contributed by atoms with Gasteiger partial charge in [-0.3, -0.25) is 9.59 Å². The summed E-state index contributed by atoms with van der Waals surface area (Å²) in [7, 11) is 0. The number of amides is 2. The van der Waals surface area contributed by atoms with Crippen molar-refractivity contribution in [3.8, 4) is 0 Å². The molecule has 0 unspecified atom stereocenters. The number of hydrogen-bond acceptors (Lipinski definition) is 3. The SMILES string of the molecule is O=C(c1ccccc1Br)N1CCC(c2ccn3ncc(C(=O)N4CCCC4)c3c2)CC1. The summed E-state index contributed by atoms with van der Waals surface area (Å²) in [6, 6.07) is 11.8. The van der Waals surface area contributed by atoms with Crippen LogP contribution in [0.15, 0.2) is 53.3 Å². The molecule has 2 fully saturated rings. The standard InChI is InChI=1S/C24H25BrN4O2/c25-21-6-2-1-5-19(21)23(30)28-12-7-17(8-13-28)18-9-14-29-22(15-18)20(16-26-29)24(31)27-10-3-4-11-27/h1-2,5-6,9,14-17H,3-4,7-8,10-13H2. The molecule has 2 aliphatic heterocycles. The van der Waals surface area contributed by atoms with E-state index in [9.17, 15) is 9.59 Å². The summed E-state index contributed by atoms with van der Waals surface area (Å²) in [4.78, 5) is 29.7. The van der Waals surface area contributed by atoms with Crippen LogP contribution in [0.2, 0.25) is 0 Å². The zero-order valence-electron chi connectivity index (χ0n) is 17.3. The highest BCUT2D eigenvalue weighted by Crippen LogP contribution is 2.31. The van der Waals surface area contributed by atoms with Crippen molar-refractivity contribution >= 4 is 33.3 Å². The van der Waals surface area contributed by atoms with Gasteiger partial charge >= 0.3 is 0 Å². The molecule has 2 saturated heterocycles. The van der Waals surface area contributed by atoms with Gasteiger partial charge in [0.15, 0.2) is 0 Å². The molecule has 2 aliphatic rings. The Kier molecular flexibility index (Phi) is 5.52. The van der Waals surface area contributed by atoms with Crippen LogP contribution >= 0.6 is 15.9 Å². The number of nitrogens with zero attached hydrogens (tertiary/aromatic N) is 4. The Morgan fingerprint density at radius 2 is 1.58 bits per heavy atom. The van der Waals surface area contributed by atoms with Crippen LogP contribution in [-0.4, -0.2) is 57.4 Å². The van der Waals surface area contributed by atoms with Crippen LogP contribution in [0.4, 0.5) is 0 Å². The van der Waals surface area contributed by atoms with Crippen LogP contribution in [0, 0.1) is 0 Å². The number of likely N-dealkylation sites (tertiary alicyclic amines) is 2. The number of carbonyl (C=O) groups is 2. The van der Waals surface area contributed by atoms with E-state index in [4.69, 9.17) is 0 Å². The molecule has 31 heavy (non-hydrogen) atoms. The third kappa shape index (κ3) is 3.87. The van der Waals surface area contributed by atoms with E-state index in [1.54, 1.807) is 10.7 Å². The number of benzene rings is 1. The summed E-state index contributed by atoms with van der Waals surface area (Å²) < 4.78 is 2.63. The van der Waals surface area contributed by atoms with Crippen molar-refractivity contribution in [2.45, 2.75) is 31.6 Å². The van der Waals surface area contributed by atoms with Gasteiger partial charge in [-0.15, -0.1) is 0 Å². The highest BCUT2D eigenvalue weighted by Gasteiger charge is 2.27. The second-order valence-corrected chi connectivity index (χ2v) is 9.25. The molecule has 0 spiro atoms. The molecule has 0 atom stereocenters. The van der Waals surface area contributed by atoms with Crippen LogP contribution in [-0.2, 0) is 0 Å². The van der Waals surface area contributed by atoms with E-state index in [0.29, 0.717) is 17.0 Å². The summed E-state index contributed by atoms with van der Waals surface area (Å²) in [5.41, 5.74) is 3.49. The van der Waals surface area contributed by atoms with Crippen molar-refractivity contribution in [1.82, 2.24) is 19.4 Å². The molecule has 0 aliphatic carbocycles. The monoisotopic (exact) mass is 480 g/mol. The number of fused-ring (bicyclic) bond motifs is 1. The molecule has 160 valence electrons. The van der Waals surface area contributed by atoms with E-state index < -0.39 is 0 Å². The van der Waals surface area contributed by atoms with Gasteiger partial charge in [-0.2, -0.15) is 5.10 Å². The lowest BCUT2D eigenvalue weighted by Gasteiger charge is -2.32. The van der Waals surface area contributed by atoms with Gasteiger partial charge in [-0.25, -0.2) is 4.52 Å². The van der Waals surface area contributed by atoms with Crippen molar-refractivity contribution in [1.29, 1.82) is 0 Å². The maximum absolute atomic E-state index is 12.9. The van der Waals surface area contributed by atoms with Gasteiger partial charge in [0.05, 0.1) is 22.8 Å². The lowest BCUT2D eigenvalue weighted by molar-refractivity contribution is 0.0711. The maximum atomic E-state index is 12.9. The van der Waals surface area contributed by atoms with Crippen LogP contribution in [0.5, 0.6) is 0 Å². The van der Waals surface area contributed by atoms with Crippen molar-refractivity contribution in [3.63, 3.8) is 0 Å².